The van der Waals surface area contributed by atoms with Gasteiger partial charge >= 0.3 is 0 Å². The van der Waals surface area contributed by atoms with Gasteiger partial charge in [0.25, 0.3) is 0 Å². The number of ether oxygens (including phenoxy) is 1. The van der Waals surface area contributed by atoms with Gasteiger partial charge < -0.3 is 15.8 Å². The lowest BCUT2D eigenvalue weighted by molar-refractivity contribution is 0.328. The number of halogens is 1. The molecule has 0 fully saturated rings. The third-order valence-corrected chi connectivity index (χ3v) is 2.62. The normalized spacial score (nSPS) is 9.85. The lowest BCUT2D eigenvalue weighted by Gasteiger charge is -2.09. The minimum atomic E-state index is -0.433. The van der Waals surface area contributed by atoms with E-state index >= 15 is 0 Å². The maximum atomic E-state index is 13.0. The quantitative estimate of drug-likeness (QED) is 0.877. The first-order valence-electron chi connectivity index (χ1n) is 6.12. The van der Waals surface area contributed by atoms with E-state index < -0.39 is 5.82 Å². The van der Waals surface area contributed by atoms with Gasteiger partial charge in [0.05, 0.1) is 11.3 Å². The van der Waals surface area contributed by atoms with Crippen molar-refractivity contribution in [3.8, 4) is 11.8 Å². The van der Waals surface area contributed by atoms with Crippen LogP contribution in [0.1, 0.15) is 5.56 Å². The Hall–Kier alpha value is -2.58. The number of nitriles is 1. The van der Waals surface area contributed by atoms with Gasteiger partial charge in [-0.05, 0) is 42.5 Å². The molecule has 0 unspecified atom stereocenters. The second-order valence-electron chi connectivity index (χ2n) is 4.09. The number of hydrogen-bond donors (Lipinski definition) is 2. The van der Waals surface area contributed by atoms with Gasteiger partial charge in [0.2, 0.25) is 0 Å². The van der Waals surface area contributed by atoms with E-state index in [1.807, 2.05) is 18.2 Å². The first-order chi connectivity index (χ1) is 9.72. The van der Waals surface area contributed by atoms with E-state index in [-0.39, 0.29) is 5.56 Å². The Labute approximate surface area is 116 Å². The van der Waals surface area contributed by atoms with Crippen LogP contribution in [0.15, 0.2) is 42.5 Å². The monoisotopic (exact) mass is 271 g/mol. The van der Waals surface area contributed by atoms with Gasteiger partial charge in [-0.1, -0.05) is 0 Å². The number of benzene rings is 2. The van der Waals surface area contributed by atoms with E-state index in [1.54, 1.807) is 12.1 Å². The van der Waals surface area contributed by atoms with Gasteiger partial charge in [0.1, 0.15) is 24.2 Å². The van der Waals surface area contributed by atoms with Crippen molar-refractivity contribution in [2.75, 3.05) is 18.5 Å². The minimum absolute atomic E-state index is 0.258. The fourth-order valence-electron chi connectivity index (χ4n) is 1.68. The highest BCUT2D eigenvalue weighted by molar-refractivity contribution is 5.66. The molecule has 0 aliphatic rings. The van der Waals surface area contributed by atoms with Crippen molar-refractivity contribution in [3.63, 3.8) is 0 Å². The molecule has 0 spiro atoms. The maximum absolute atomic E-state index is 13.0. The minimum Gasteiger partial charge on any atom is -0.492 e. The molecule has 0 aliphatic carbocycles. The molecule has 0 aliphatic heterocycles. The molecule has 20 heavy (non-hydrogen) atoms. The van der Waals surface area contributed by atoms with E-state index in [0.29, 0.717) is 18.8 Å². The van der Waals surface area contributed by atoms with Crippen molar-refractivity contribution in [3.05, 3.63) is 53.8 Å². The Morgan fingerprint density at radius 3 is 2.60 bits per heavy atom. The van der Waals surface area contributed by atoms with E-state index in [0.717, 1.165) is 11.4 Å². The molecule has 0 aromatic heterocycles. The Morgan fingerprint density at radius 1 is 1.20 bits per heavy atom. The zero-order chi connectivity index (χ0) is 14.4. The van der Waals surface area contributed by atoms with Gasteiger partial charge in [-0.3, -0.25) is 0 Å². The van der Waals surface area contributed by atoms with E-state index in [2.05, 4.69) is 5.32 Å². The van der Waals surface area contributed by atoms with Crippen molar-refractivity contribution >= 4 is 11.4 Å². The number of rotatable bonds is 5. The number of nitrogens with one attached hydrogen (secondary N) is 1. The summed E-state index contributed by atoms with van der Waals surface area (Å²) in [7, 11) is 0. The van der Waals surface area contributed by atoms with Crippen LogP contribution in [-0.2, 0) is 0 Å². The molecule has 0 saturated heterocycles. The topological polar surface area (TPSA) is 71.1 Å². The van der Waals surface area contributed by atoms with E-state index in [4.69, 9.17) is 15.7 Å². The highest BCUT2D eigenvalue weighted by Gasteiger charge is 2.04. The molecular weight excluding hydrogens is 257 g/mol. The average Bonchev–Trinajstić information content (AvgIpc) is 2.48. The molecular formula is C15H14FN3O. The Morgan fingerprint density at radius 2 is 1.95 bits per heavy atom. The molecule has 0 bridgehead atoms. The number of anilines is 2. The Bertz CT molecular complexity index is 620. The molecule has 0 heterocycles. The summed E-state index contributed by atoms with van der Waals surface area (Å²) in [5, 5.41) is 12.0. The molecule has 4 nitrogen and oxygen atoms in total. The summed E-state index contributed by atoms with van der Waals surface area (Å²) in [5.74, 6) is 0.290. The summed E-state index contributed by atoms with van der Waals surface area (Å²) >= 11 is 0. The number of nitrogens with two attached hydrogens (primary N) is 1. The standard InChI is InChI=1S/C15H14FN3O/c16-12-1-6-15(11(9-12)10-18)19-13-2-4-14(5-3-13)20-8-7-17/h1-6,9,19H,7-8,17H2. The highest BCUT2D eigenvalue weighted by Crippen LogP contribution is 2.23. The second-order valence-corrected chi connectivity index (χ2v) is 4.09. The van der Waals surface area contributed by atoms with Crippen LogP contribution in [-0.4, -0.2) is 13.2 Å². The van der Waals surface area contributed by atoms with Crippen molar-refractivity contribution in [1.29, 1.82) is 5.26 Å². The smallest absolute Gasteiger partial charge is 0.124 e. The van der Waals surface area contributed by atoms with Gasteiger partial charge in [-0.2, -0.15) is 5.26 Å². The van der Waals surface area contributed by atoms with Gasteiger partial charge in [-0.15, -0.1) is 0 Å². The average molecular weight is 271 g/mol. The predicted molar refractivity (Wildman–Crippen MR) is 75.4 cm³/mol. The number of nitrogens with zero attached hydrogens (tertiary/aromatic N) is 1. The molecule has 102 valence electrons. The second kappa shape index (κ2) is 6.55. The summed E-state index contributed by atoms with van der Waals surface area (Å²) in [5.41, 5.74) is 6.96. The predicted octanol–water partition coefficient (Wildman–Crippen LogP) is 2.78. The summed E-state index contributed by atoms with van der Waals surface area (Å²) in [4.78, 5) is 0. The Balaban J connectivity index is 2.12. The summed E-state index contributed by atoms with van der Waals surface area (Å²) in [6, 6.07) is 13.2. The molecule has 0 atom stereocenters. The largest absolute Gasteiger partial charge is 0.492 e. The maximum Gasteiger partial charge on any atom is 0.124 e. The van der Waals surface area contributed by atoms with Crippen molar-refractivity contribution in [2.45, 2.75) is 0 Å². The lowest BCUT2D eigenvalue weighted by Crippen LogP contribution is -2.10. The van der Waals surface area contributed by atoms with Crippen molar-refractivity contribution < 1.29 is 9.13 Å². The Kier molecular flexibility index (Phi) is 4.53. The summed E-state index contributed by atoms with van der Waals surface area (Å²) in [6.07, 6.45) is 0. The molecule has 0 amide bonds. The van der Waals surface area contributed by atoms with Gasteiger partial charge in [0, 0.05) is 12.2 Å². The third kappa shape index (κ3) is 3.46. The van der Waals surface area contributed by atoms with E-state index in [9.17, 15) is 4.39 Å². The van der Waals surface area contributed by atoms with Crippen LogP contribution in [0.5, 0.6) is 5.75 Å². The van der Waals surface area contributed by atoms with Crippen LogP contribution < -0.4 is 15.8 Å². The zero-order valence-electron chi connectivity index (χ0n) is 10.8. The van der Waals surface area contributed by atoms with Crippen molar-refractivity contribution in [2.24, 2.45) is 5.73 Å². The SMILES string of the molecule is N#Cc1cc(F)ccc1Nc1ccc(OCCN)cc1. The van der Waals surface area contributed by atoms with Gasteiger partial charge in [0.15, 0.2) is 0 Å². The lowest BCUT2D eigenvalue weighted by atomic mass is 10.2. The molecule has 0 saturated carbocycles. The van der Waals surface area contributed by atoms with Crippen LogP contribution in [0.3, 0.4) is 0 Å². The van der Waals surface area contributed by atoms with Gasteiger partial charge in [-0.25, -0.2) is 4.39 Å². The number of hydrogen-bond acceptors (Lipinski definition) is 4. The zero-order valence-corrected chi connectivity index (χ0v) is 10.8. The summed E-state index contributed by atoms with van der Waals surface area (Å²) < 4.78 is 18.4. The van der Waals surface area contributed by atoms with Crippen LogP contribution in [0, 0.1) is 17.1 Å². The third-order valence-electron chi connectivity index (χ3n) is 2.62. The van der Waals surface area contributed by atoms with Crippen LogP contribution >= 0.6 is 0 Å². The fourth-order valence-corrected chi connectivity index (χ4v) is 1.68. The highest BCUT2D eigenvalue weighted by atomic mass is 19.1. The van der Waals surface area contributed by atoms with Crippen LogP contribution in [0.4, 0.5) is 15.8 Å². The van der Waals surface area contributed by atoms with E-state index in [1.165, 1.54) is 18.2 Å². The molecule has 3 N–H and O–H groups in total. The summed E-state index contributed by atoms with van der Waals surface area (Å²) in [6.45, 7) is 0.921. The van der Waals surface area contributed by atoms with Crippen LogP contribution in [0.2, 0.25) is 0 Å². The first kappa shape index (κ1) is 13.8. The molecule has 2 aromatic rings. The van der Waals surface area contributed by atoms with Crippen LogP contribution in [0.25, 0.3) is 0 Å². The molecule has 2 rings (SSSR count). The molecule has 5 heteroatoms. The first-order valence-corrected chi connectivity index (χ1v) is 6.12. The molecule has 0 radical (unpaired) electrons. The molecule has 2 aromatic carbocycles. The fraction of sp³-hybridized carbons (Fsp3) is 0.133. The van der Waals surface area contributed by atoms with Crippen molar-refractivity contribution in [1.82, 2.24) is 0 Å².